The summed E-state index contributed by atoms with van der Waals surface area (Å²) in [6, 6.07) is 8.50. The van der Waals surface area contributed by atoms with E-state index >= 15 is 0 Å². The lowest BCUT2D eigenvalue weighted by molar-refractivity contribution is -0.132. The van der Waals surface area contributed by atoms with Crippen molar-refractivity contribution in [3.05, 3.63) is 42.4 Å². The van der Waals surface area contributed by atoms with Gasteiger partial charge in [0.15, 0.2) is 17.3 Å². The quantitative estimate of drug-likeness (QED) is 0.926. The van der Waals surface area contributed by atoms with Crippen LogP contribution in [0.2, 0.25) is 0 Å². The molecule has 4 rings (SSSR count). The molecule has 0 aliphatic carbocycles. The van der Waals surface area contributed by atoms with Crippen molar-refractivity contribution < 1.29 is 23.5 Å². The van der Waals surface area contributed by atoms with Gasteiger partial charge >= 0.3 is 0 Å². The van der Waals surface area contributed by atoms with E-state index in [-0.39, 0.29) is 17.6 Å². The number of ether oxygens (including phenoxy) is 2. The minimum atomic E-state index is -0.906. The van der Waals surface area contributed by atoms with Crippen LogP contribution >= 0.6 is 0 Å². The van der Waals surface area contributed by atoms with E-state index in [2.05, 4.69) is 5.32 Å². The summed E-state index contributed by atoms with van der Waals surface area (Å²) in [7, 11) is 0. The highest BCUT2D eigenvalue weighted by Crippen LogP contribution is 2.35. The number of furan rings is 1. The van der Waals surface area contributed by atoms with Gasteiger partial charge in [-0.3, -0.25) is 9.59 Å². The molecule has 0 spiro atoms. The van der Waals surface area contributed by atoms with Crippen molar-refractivity contribution in [3.8, 4) is 11.5 Å². The monoisotopic (exact) mass is 342 g/mol. The van der Waals surface area contributed by atoms with Gasteiger partial charge in [-0.1, -0.05) is 0 Å². The van der Waals surface area contributed by atoms with Crippen LogP contribution in [-0.2, 0) is 4.79 Å². The van der Waals surface area contributed by atoms with Crippen molar-refractivity contribution in [1.82, 2.24) is 4.90 Å². The third-order valence-electron chi connectivity index (χ3n) is 4.68. The first kappa shape index (κ1) is 15.6. The molecule has 1 aromatic heterocycles. The Kier molecular flexibility index (Phi) is 3.63. The van der Waals surface area contributed by atoms with E-state index < -0.39 is 5.54 Å². The van der Waals surface area contributed by atoms with Gasteiger partial charge in [-0.2, -0.15) is 0 Å². The SMILES string of the molecule is CC1(C(=O)Nc2ccc3c(c2)OCCO3)CCN1C(=O)c1ccco1. The van der Waals surface area contributed by atoms with Gasteiger partial charge < -0.3 is 24.1 Å². The number of rotatable bonds is 3. The molecule has 2 amide bonds. The predicted octanol–water partition coefficient (Wildman–Crippen LogP) is 2.29. The van der Waals surface area contributed by atoms with E-state index in [1.165, 1.54) is 11.2 Å². The highest BCUT2D eigenvalue weighted by atomic mass is 16.6. The Morgan fingerprint density at radius 2 is 1.96 bits per heavy atom. The topological polar surface area (TPSA) is 81.0 Å². The molecule has 0 bridgehead atoms. The second-order valence-electron chi connectivity index (χ2n) is 6.27. The Bertz CT molecular complexity index is 817. The first-order valence-corrected chi connectivity index (χ1v) is 8.14. The first-order valence-electron chi connectivity index (χ1n) is 8.14. The van der Waals surface area contributed by atoms with Crippen LogP contribution in [0.4, 0.5) is 5.69 Å². The minimum Gasteiger partial charge on any atom is -0.486 e. The summed E-state index contributed by atoms with van der Waals surface area (Å²) in [5.41, 5.74) is -0.301. The zero-order valence-corrected chi connectivity index (χ0v) is 13.8. The van der Waals surface area contributed by atoms with Gasteiger partial charge in [0.25, 0.3) is 5.91 Å². The van der Waals surface area contributed by atoms with Crippen LogP contribution in [0.3, 0.4) is 0 Å². The summed E-state index contributed by atoms with van der Waals surface area (Å²) >= 11 is 0. The molecule has 2 aromatic rings. The van der Waals surface area contributed by atoms with Crippen LogP contribution in [0.5, 0.6) is 11.5 Å². The summed E-state index contributed by atoms with van der Waals surface area (Å²) in [6.45, 7) is 3.27. The molecule has 1 saturated heterocycles. The molecule has 1 N–H and O–H groups in total. The lowest BCUT2D eigenvalue weighted by Crippen LogP contribution is -2.66. The molecule has 7 nitrogen and oxygen atoms in total. The highest BCUT2D eigenvalue weighted by molar-refractivity contribution is 6.04. The molecule has 1 unspecified atom stereocenters. The molecule has 0 saturated carbocycles. The number of carbonyl (C=O) groups is 2. The van der Waals surface area contributed by atoms with E-state index in [0.717, 1.165) is 0 Å². The molecular weight excluding hydrogens is 324 g/mol. The Morgan fingerprint density at radius 1 is 1.16 bits per heavy atom. The number of carbonyl (C=O) groups excluding carboxylic acids is 2. The van der Waals surface area contributed by atoms with E-state index in [1.807, 2.05) is 0 Å². The second kappa shape index (κ2) is 5.84. The molecule has 1 atom stereocenters. The van der Waals surface area contributed by atoms with Crippen LogP contribution in [0, 0.1) is 0 Å². The lowest BCUT2D eigenvalue weighted by atomic mass is 9.85. The molecule has 2 aliphatic heterocycles. The standard InChI is InChI=1S/C18H18N2O5/c1-18(6-7-20(18)16(21)14-3-2-8-23-14)17(22)19-12-4-5-13-15(11-12)25-10-9-24-13/h2-5,8,11H,6-7,9-10H2,1H3,(H,19,22). The summed E-state index contributed by atoms with van der Waals surface area (Å²) in [6.07, 6.45) is 2.04. The zero-order valence-electron chi connectivity index (χ0n) is 13.8. The largest absolute Gasteiger partial charge is 0.486 e. The van der Waals surface area contributed by atoms with E-state index in [4.69, 9.17) is 13.9 Å². The third kappa shape index (κ3) is 2.61. The van der Waals surface area contributed by atoms with Crippen molar-refractivity contribution in [2.75, 3.05) is 25.1 Å². The molecule has 3 heterocycles. The molecule has 1 fully saturated rings. The maximum Gasteiger partial charge on any atom is 0.290 e. The molecule has 2 aliphatic rings. The maximum atomic E-state index is 12.8. The Morgan fingerprint density at radius 3 is 2.64 bits per heavy atom. The molecule has 130 valence electrons. The van der Waals surface area contributed by atoms with Gasteiger partial charge in [-0.25, -0.2) is 0 Å². The number of benzene rings is 1. The van der Waals surface area contributed by atoms with Crippen LogP contribution < -0.4 is 14.8 Å². The lowest BCUT2D eigenvalue weighted by Gasteiger charge is -2.48. The van der Waals surface area contributed by atoms with Gasteiger partial charge in [0.1, 0.15) is 18.8 Å². The molecular formula is C18H18N2O5. The van der Waals surface area contributed by atoms with E-state index in [1.54, 1.807) is 37.3 Å². The Balaban J connectivity index is 1.49. The van der Waals surface area contributed by atoms with E-state index in [0.29, 0.717) is 43.4 Å². The molecule has 25 heavy (non-hydrogen) atoms. The summed E-state index contributed by atoms with van der Waals surface area (Å²) in [5, 5.41) is 2.87. The Hall–Kier alpha value is -2.96. The smallest absolute Gasteiger partial charge is 0.290 e. The van der Waals surface area contributed by atoms with E-state index in [9.17, 15) is 9.59 Å². The molecule has 7 heteroatoms. The normalized spacial score (nSPS) is 21.4. The van der Waals surface area contributed by atoms with Gasteiger partial charge in [0.05, 0.1) is 6.26 Å². The zero-order chi connectivity index (χ0) is 17.4. The van der Waals surface area contributed by atoms with Gasteiger partial charge in [0.2, 0.25) is 5.91 Å². The maximum absolute atomic E-state index is 12.8. The van der Waals surface area contributed by atoms with Crippen LogP contribution in [0.15, 0.2) is 41.0 Å². The average molecular weight is 342 g/mol. The fourth-order valence-electron chi connectivity index (χ4n) is 3.04. The number of fused-ring (bicyclic) bond motifs is 1. The number of hydrogen-bond donors (Lipinski definition) is 1. The highest BCUT2D eigenvalue weighted by Gasteiger charge is 2.50. The van der Waals surface area contributed by atoms with Crippen molar-refractivity contribution in [3.63, 3.8) is 0 Å². The minimum absolute atomic E-state index is 0.234. The number of amides is 2. The van der Waals surface area contributed by atoms with Crippen LogP contribution in [0.1, 0.15) is 23.9 Å². The Labute approximate surface area is 144 Å². The second-order valence-corrected chi connectivity index (χ2v) is 6.27. The van der Waals surface area contributed by atoms with Crippen molar-refractivity contribution in [1.29, 1.82) is 0 Å². The van der Waals surface area contributed by atoms with Crippen molar-refractivity contribution in [2.45, 2.75) is 18.9 Å². The van der Waals surface area contributed by atoms with Gasteiger partial charge in [-0.15, -0.1) is 0 Å². The van der Waals surface area contributed by atoms with Crippen molar-refractivity contribution in [2.24, 2.45) is 0 Å². The van der Waals surface area contributed by atoms with Crippen LogP contribution in [-0.4, -0.2) is 42.0 Å². The van der Waals surface area contributed by atoms with Gasteiger partial charge in [-0.05, 0) is 37.6 Å². The number of hydrogen-bond acceptors (Lipinski definition) is 5. The number of anilines is 1. The summed E-state index contributed by atoms with van der Waals surface area (Å²) < 4.78 is 16.2. The third-order valence-corrected chi connectivity index (χ3v) is 4.68. The molecule has 0 radical (unpaired) electrons. The summed E-state index contributed by atoms with van der Waals surface area (Å²) in [5.74, 6) is 0.976. The first-order chi connectivity index (χ1) is 12.1. The fourth-order valence-corrected chi connectivity index (χ4v) is 3.04. The average Bonchev–Trinajstić information content (AvgIpc) is 3.14. The molecule has 1 aromatic carbocycles. The number of nitrogens with one attached hydrogen (secondary N) is 1. The fraction of sp³-hybridized carbons (Fsp3) is 0.333. The van der Waals surface area contributed by atoms with Gasteiger partial charge in [0, 0.05) is 18.3 Å². The predicted molar refractivity (Wildman–Crippen MR) is 88.8 cm³/mol. The number of likely N-dealkylation sites (tertiary alicyclic amines) is 1. The summed E-state index contributed by atoms with van der Waals surface area (Å²) in [4.78, 5) is 26.8. The van der Waals surface area contributed by atoms with Crippen LogP contribution in [0.25, 0.3) is 0 Å². The van der Waals surface area contributed by atoms with Crippen molar-refractivity contribution >= 4 is 17.5 Å². The number of nitrogens with zero attached hydrogens (tertiary/aromatic N) is 1.